The van der Waals surface area contributed by atoms with Crippen molar-refractivity contribution in [1.82, 2.24) is 9.88 Å². The average Bonchev–Trinajstić information content (AvgIpc) is 2.55. The minimum atomic E-state index is -0.826. The van der Waals surface area contributed by atoms with Crippen LogP contribution in [0.5, 0.6) is 0 Å². The Labute approximate surface area is 147 Å². The molecule has 0 atom stereocenters. The van der Waals surface area contributed by atoms with Gasteiger partial charge >= 0.3 is 0 Å². The number of carbonyl (C=O) groups excluding carboxylic acids is 1. The highest BCUT2D eigenvalue weighted by atomic mass is 79.9. The molecule has 2 heterocycles. The predicted molar refractivity (Wildman–Crippen MR) is 91.1 cm³/mol. The monoisotopic (exact) mass is 395 g/mol. The second-order valence-electron chi connectivity index (χ2n) is 5.67. The van der Waals surface area contributed by atoms with Crippen LogP contribution in [0.4, 0.5) is 14.6 Å². The van der Waals surface area contributed by atoms with Gasteiger partial charge in [-0.3, -0.25) is 4.79 Å². The molecule has 7 heteroatoms. The highest BCUT2D eigenvalue weighted by molar-refractivity contribution is 9.10. The third-order valence-corrected chi connectivity index (χ3v) is 4.49. The summed E-state index contributed by atoms with van der Waals surface area (Å²) in [5.41, 5.74) is 0.549. The Kier molecular flexibility index (Phi) is 4.80. The maximum absolute atomic E-state index is 13.8. The molecule has 2 aromatic rings. The molecule has 1 amide bonds. The fourth-order valence-electron chi connectivity index (χ4n) is 2.85. The zero-order valence-electron chi connectivity index (χ0n) is 13.1. The van der Waals surface area contributed by atoms with Gasteiger partial charge in [-0.05, 0) is 46.6 Å². The summed E-state index contributed by atoms with van der Waals surface area (Å²) < 4.78 is 28.5. The normalized spacial score (nSPS) is 14.8. The van der Waals surface area contributed by atoms with Gasteiger partial charge in [-0.15, -0.1) is 0 Å². The summed E-state index contributed by atoms with van der Waals surface area (Å²) in [6, 6.07) is 5.43. The van der Waals surface area contributed by atoms with Crippen LogP contribution in [-0.2, 0) is 0 Å². The van der Waals surface area contributed by atoms with E-state index in [9.17, 15) is 13.6 Å². The number of nitrogens with zero attached hydrogens (tertiary/aromatic N) is 3. The second kappa shape index (κ2) is 6.84. The van der Waals surface area contributed by atoms with E-state index in [0.29, 0.717) is 26.2 Å². The number of pyridine rings is 1. The van der Waals surface area contributed by atoms with E-state index < -0.39 is 23.1 Å². The van der Waals surface area contributed by atoms with Crippen molar-refractivity contribution in [2.24, 2.45) is 0 Å². The van der Waals surface area contributed by atoms with Gasteiger partial charge in [-0.1, -0.05) is 6.07 Å². The Hall–Kier alpha value is -2.02. The molecular formula is C17H16BrF2N3O. The number of rotatable bonds is 2. The number of aromatic nitrogens is 1. The van der Waals surface area contributed by atoms with Crippen LogP contribution in [0, 0.1) is 18.6 Å². The van der Waals surface area contributed by atoms with Gasteiger partial charge in [0.15, 0.2) is 0 Å². The molecule has 0 N–H and O–H groups in total. The Morgan fingerprint density at radius 1 is 1.17 bits per heavy atom. The molecule has 1 aliphatic heterocycles. The van der Waals surface area contributed by atoms with Crippen molar-refractivity contribution in [2.75, 3.05) is 31.1 Å². The Morgan fingerprint density at radius 2 is 1.79 bits per heavy atom. The minimum absolute atomic E-state index is 0.393. The van der Waals surface area contributed by atoms with E-state index in [1.54, 1.807) is 6.20 Å². The number of carbonyl (C=O) groups is 1. The fourth-order valence-corrected chi connectivity index (χ4v) is 3.29. The highest BCUT2D eigenvalue weighted by Gasteiger charge is 2.27. The standard InChI is InChI=1S/C17H16BrF2N3O/c1-11-9-12(18)10-21-16(11)22-5-7-23(8-6-22)17(24)15-13(19)3-2-4-14(15)20/h2-4,9-10H,5-8H2,1H3. The van der Waals surface area contributed by atoms with Gasteiger partial charge in [0, 0.05) is 36.8 Å². The van der Waals surface area contributed by atoms with Crippen LogP contribution < -0.4 is 4.90 Å². The van der Waals surface area contributed by atoms with Crippen molar-refractivity contribution in [3.05, 3.63) is 57.7 Å². The maximum Gasteiger partial charge on any atom is 0.259 e. The molecule has 1 fully saturated rings. The quantitative estimate of drug-likeness (QED) is 0.781. The minimum Gasteiger partial charge on any atom is -0.353 e. The van der Waals surface area contributed by atoms with E-state index in [-0.39, 0.29) is 0 Å². The van der Waals surface area contributed by atoms with Crippen molar-refractivity contribution in [3.8, 4) is 0 Å². The molecule has 24 heavy (non-hydrogen) atoms. The number of hydrogen-bond donors (Lipinski definition) is 0. The molecule has 4 nitrogen and oxygen atoms in total. The summed E-state index contributed by atoms with van der Waals surface area (Å²) >= 11 is 3.38. The van der Waals surface area contributed by atoms with Gasteiger partial charge in [0.05, 0.1) is 0 Å². The van der Waals surface area contributed by atoms with Crippen molar-refractivity contribution in [2.45, 2.75) is 6.92 Å². The van der Waals surface area contributed by atoms with Crippen LogP contribution >= 0.6 is 15.9 Å². The Morgan fingerprint density at radius 3 is 2.38 bits per heavy atom. The van der Waals surface area contributed by atoms with Gasteiger partial charge in [-0.2, -0.15) is 0 Å². The maximum atomic E-state index is 13.8. The number of aryl methyl sites for hydroxylation is 1. The number of amides is 1. The van der Waals surface area contributed by atoms with Crippen LogP contribution in [0.15, 0.2) is 34.9 Å². The van der Waals surface area contributed by atoms with E-state index in [2.05, 4.69) is 25.8 Å². The lowest BCUT2D eigenvalue weighted by Crippen LogP contribution is -2.49. The molecule has 0 radical (unpaired) electrons. The number of benzene rings is 1. The lowest BCUT2D eigenvalue weighted by atomic mass is 10.1. The molecule has 1 aromatic heterocycles. The molecule has 0 spiro atoms. The first kappa shape index (κ1) is 16.8. The van der Waals surface area contributed by atoms with Gasteiger partial charge in [-0.25, -0.2) is 13.8 Å². The zero-order valence-corrected chi connectivity index (χ0v) is 14.7. The van der Waals surface area contributed by atoms with E-state index in [4.69, 9.17) is 0 Å². The van der Waals surface area contributed by atoms with Crippen LogP contribution in [0.25, 0.3) is 0 Å². The van der Waals surface area contributed by atoms with E-state index >= 15 is 0 Å². The molecule has 3 rings (SSSR count). The lowest BCUT2D eigenvalue weighted by Gasteiger charge is -2.36. The summed E-state index contributed by atoms with van der Waals surface area (Å²) in [6.45, 7) is 3.89. The Bertz CT molecular complexity index is 756. The van der Waals surface area contributed by atoms with Crippen LogP contribution in [0.1, 0.15) is 15.9 Å². The van der Waals surface area contributed by atoms with E-state index in [1.807, 2.05) is 13.0 Å². The molecule has 0 saturated carbocycles. The van der Waals surface area contributed by atoms with Crippen LogP contribution in [0.2, 0.25) is 0 Å². The van der Waals surface area contributed by atoms with Crippen molar-refractivity contribution >= 4 is 27.7 Å². The van der Waals surface area contributed by atoms with Crippen molar-refractivity contribution in [1.29, 1.82) is 0 Å². The van der Waals surface area contributed by atoms with Gasteiger partial charge < -0.3 is 9.80 Å². The summed E-state index contributed by atoms with van der Waals surface area (Å²) in [5, 5.41) is 0. The summed E-state index contributed by atoms with van der Waals surface area (Å²) in [4.78, 5) is 20.4. The first-order valence-electron chi connectivity index (χ1n) is 7.58. The molecule has 1 saturated heterocycles. The molecule has 0 bridgehead atoms. The lowest BCUT2D eigenvalue weighted by molar-refractivity contribution is 0.0736. The summed E-state index contributed by atoms with van der Waals surface area (Å²) in [7, 11) is 0. The second-order valence-corrected chi connectivity index (χ2v) is 6.59. The molecule has 0 unspecified atom stereocenters. The highest BCUT2D eigenvalue weighted by Crippen LogP contribution is 2.23. The van der Waals surface area contributed by atoms with Crippen LogP contribution in [-0.4, -0.2) is 42.0 Å². The smallest absolute Gasteiger partial charge is 0.259 e. The molecular weight excluding hydrogens is 380 g/mol. The van der Waals surface area contributed by atoms with E-state index in [1.165, 1.54) is 11.0 Å². The number of hydrogen-bond acceptors (Lipinski definition) is 3. The number of anilines is 1. The number of piperazine rings is 1. The fraction of sp³-hybridized carbons (Fsp3) is 0.294. The topological polar surface area (TPSA) is 36.4 Å². The summed E-state index contributed by atoms with van der Waals surface area (Å²) in [5.74, 6) is -1.39. The molecule has 126 valence electrons. The van der Waals surface area contributed by atoms with Gasteiger partial charge in [0.2, 0.25) is 0 Å². The SMILES string of the molecule is Cc1cc(Br)cnc1N1CCN(C(=O)c2c(F)cccc2F)CC1. The third kappa shape index (κ3) is 3.26. The third-order valence-electron chi connectivity index (χ3n) is 4.06. The zero-order chi connectivity index (χ0) is 17.3. The first-order valence-corrected chi connectivity index (χ1v) is 8.37. The average molecular weight is 396 g/mol. The largest absolute Gasteiger partial charge is 0.353 e. The van der Waals surface area contributed by atoms with Gasteiger partial charge in [0.25, 0.3) is 5.91 Å². The first-order chi connectivity index (χ1) is 11.5. The molecule has 1 aliphatic rings. The predicted octanol–water partition coefficient (Wildman–Crippen LogP) is 3.39. The Balaban J connectivity index is 1.72. The van der Waals surface area contributed by atoms with Crippen molar-refractivity contribution < 1.29 is 13.6 Å². The number of halogens is 3. The molecule has 0 aliphatic carbocycles. The molecule has 1 aromatic carbocycles. The summed E-state index contributed by atoms with van der Waals surface area (Å²) in [6.07, 6.45) is 1.73. The van der Waals surface area contributed by atoms with E-state index in [0.717, 1.165) is 28.0 Å². The van der Waals surface area contributed by atoms with Gasteiger partial charge in [0.1, 0.15) is 23.0 Å². The van der Waals surface area contributed by atoms with Crippen molar-refractivity contribution in [3.63, 3.8) is 0 Å². The van der Waals surface area contributed by atoms with Crippen LogP contribution in [0.3, 0.4) is 0 Å².